The lowest BCUT2D eigenvalue weighted by atomic mass is 9.78. The first-order valence-electron chi connectivity index (χ1n) is 11.0. The molecule has 6 nitrogen and oxygen atoms in total. The highest BCUT2D eigenvalue weighted by Crippen LogP contribution is 2.36. The van der Waals surface area contributed by atoms with Crippen LogP contribution in [-0.2, 0) is 25.5 Å². The molecule has 1 saturated heterocycles. The topological polar surface area (TPSA) is 66.9 Å². The summed E-state index contributed by atoms with van der Waals surface area (Å²) in [6.45, 7) is 1.96. The number of para-hydroxylation sites is 1. The summed E-state index contributed by atoms with van der Waals surface area (Å²) in [4.78, 5) is 42.0. The highest BCUT2D eigenvalue weighted by molar-refractivity contribution is 5.99. The predicted octanol–water partition coefficient (Wildman–Crippen LogP) is 2.94. The van der Waals surface area contributed by atoms with E-state index in [1.165, 1.54) is 5.56 Å². The molecule has 0 aromatic heterocycles. The van der Waals surface area contributed by atoms with Crippen molar-refractivity contribution in [1.82, 2.24) is 4.90 Å². The molecule has 4 rings (SSSR count). The number of amides is 2. The molecule has 6 heteroatoms. The molecule has 1 aromatic rings. The van der Waals surface area contributed by atoms with Crippen molar-refractivity contribution >= 4 is 23.5 Å². The first kappa shape index (κ1) is 19.9. The zero-order valence-corrected chi connectivity index (χ0v) is 17.0. The van der Waals surface area contributed by atoms with Crippen molar-refractivity contribution in [1.29, 1.82) is 0 Å². The monoisotopic (exact) mass is 398 g/mol. The van der Waals surface area contributed by atoms with Gasteiger partial charge in [0.1, 0.15) is 0 Å². The molecule has 3 aliphatic rings. The van der Waals surface area contributed by atoms with Gasteiger partial charge in [-0.15, -0.1) is 0 Å². The first-order chi connectivity index (χ1) is 14.1. The number of hydrogen-bond acceptors (Lipinski definition) is 4. The average molecular weight is 399 g/mol. The van der Waals surface area contributed by atoms with Crippen LogP contribution in [0.4, 0.5) is 5.69 Å². The van der Waals surface area contributed by atoms with Crippen LogP contribution >= 0.6 is 0 Å². The summed E-state index contributed by atoms with van der Waals surface area (Å²) in [5, 5.41) is 0. The molecule has 2 heterocycles. The lowest BCUT2D eigenvalue weighted by molar-refractivity contribution is -0.159. The summed E-state index contributed by atoms with van der Waals surface area (Å²) in [6.07, 6.45) is 7.25. The van der Waals surface area contributed by atoms with Gasteiger partial charge in [-0.2, -0.15) is 0 Å². The van der Waals surface area contributed by atoms with Gasteiger partial charge in [0.15, 0.2) is 6.61 Å². The molecule has 29 heavy (non-hydrogen) atoms. The van der Waals surface area contributed by atoms with Crippen LogP contribution in [0.1, 0.15) is 50.5 Å². The third-order valence-electron chi connectivity index (χ3n) is 6.59. The fraction of sp³-hybridized carbons (Fsp3) is 0.609. The highest BCUT2D eigenvalue weighted by Gasteiger charge is 2.40. The number of likely N-dealkylation sites (tertiary alicyclic amines) is 1. The van der Waals surface area contributed by atoms with Gasteiger partial charge in [0.2, 0.25) is 5.91 Å². The minimum Gasteiger partial charge on any atom is -0.455 e. The standard InChI is InChI=1S/C23H30N2O4/c26-21(24-13-6-1-7-14-24)16-29-23(28)19-10-4-3-9-18(19)22(27)25-15-12-17-8-2-5-11-20(17)25/h2,5,8,11,18-19H,1,3-4,6-7,9-10,12-16H2/t18-,19-/m1/s1. The molecule has 1 aromatic carbocycles. The molecular formula is C23H30N2O4. The quantitative estimate of drug-likeness (QED) is 0.732. The second-order valence-corrected chi connectivity index (χ2v) is 8.42. The van der Waals surface area contributed by atoms with Gasteiger partial charge in [-0.1, -0.05) is 31.0 Å². The van der Waals surface area contributed by atoms with E-state index in [1.807, 2.05) is 23.1 Å². The lowest BCUT2D eigenvalue weighted by Gasteiger charge is -2.32. The van der Waals surface area contributed by atoms with Crippen molar-refractivity contribution in [2.24, 2.45) is 11.8 Å². The Labute approximate surface area is 172 Å². The fourth-order valence-electron chi connectivity index (χ4n) is 4.95. The maximum absolute atomic E-state index is 13.3. The number of fused-ring (bicyclic) bond motifs is 1. The van der Waals surface area contributed by atoms with Crippen LogP contribution in [0, 0.1) is 11.8 Å². The van der Waals surface area contributed by atoms with Crippen LogP contribution in [0.2, 0.25) is 0 Å². The van der Waals surface area contributed by atoms with Gasteiger partial charge in [-0.3, -0.25) is 14.4 Å². The molecule has 1 aliphatic carbocycles. The summed E-state index contributed by atoms with van der Waals surface area (Å²) in [5.74, 6) is -1.28. The summed E-state index contributed by atoms with van der Waals surface area (Å²) in [5.41, 5.74) is 2.15. The van der Waals surface area contributed by atoms with Gasteiger partial charge in [0.25, 0.3) is 5.91 Å². The number of piperidine rings is 1. The van der Waals surface area contributed by atoms with Gasteiger partial charge < -0.3 is 14.5 Å². The molecule has 0 radical (unpaired) electrons. The van der Waals surface area contributed by atoms with Crippen molar-refractivity contribution in [3.8, 4) is 0 Å². The minimum atomic E-state index is -0.446. The fourth-order valence-corrected chi connectivity index (χ4v) is 4.95. The van der Waals surface area contributed by atoms with Crippen molar-refractivity contribution in [2.45, 2.75) is 51.4 Å². The molecule has 2 atom stereocenters. The molecule has 2 fully saturated rings. The van der Waals surface area contributed by atoms with Crippen LogP contribution in [-0.4, -0.2) is 48.9 Å². The van der Waals surface area contributed by atoms with Gasteiger partial charge in [0.05, 0.1) is 11.8 Å². The third kappa shape index (κ3) is 4.31. The van der Waals surface area contributed by atoms with Gasteiger partial charge in [0, 0.05) is 25.3 Å². The molecule has 1 saturated carbocycles. The maximum Gasteiger partial charge on any atom is 0.310 e. The molecule has 156 valence electrons. The van der Waals surface area contributed by atoms with E-state index < -0.39 is 5.92 Å². The zero-order chi connectivity index (χ0) is 20.2. The van der Waals surface area contributed by atoms with E-state index in [9.17, 15) is 14.4 Å². The zero-order valence-electron chi connectivity index (χ0n) is 17.0. The van der Waals surface area contributed by atoms with Crippen molar-refractivity contribution < 1.29 is 19.1 Å². The van der Waals surface area contributed by atoms with E-state index in [1.54, 1.807) is 4.90 Å². The second-order valence-electron chi connectivity index (χ2n) is 8.42. The van der Waals surface area contributed by atoms with E-state index in [0.717, 1.165) is 57.3 Å². The number of ether oxygens (including phenoxy) is 1. The van der Waals surface area contributed by atoms with E-state index in [2.05, 4.69) is 6.07 Å². The minimum absolute atomic E-state index is 0.0268. The Morgan fingerprint density at radius 3 is 2.41 bits per heavy atom. The number of hydrogen-bond donors (Lipinski definition) is 0. The third-order valence-corrected chi connectivity index (χ3v) is 6.59. The molecule has 0 spiro atoms. The Balaban J connectivity index is 1.39. The van der Waals surface area contributed by atoms with E-state index in [-0.39, 0.29) is 30.3 Å². The predicted molar refractivity (Wildman–Crippen MR) is 109 cm³/mol. The molecule has 0 bridgehead atoms. The summed E-state index contributed by atoms with van der Waals surface area (Å²) >= 11 is 0. The Hall–Kier alpha value is -2.37. The number of nitrogens with zero attached hydrogens (tertiary/aromatic N) is 2. The molecule has 2 amide bonds. The Kier molecular flexibility index (Phi) is 6.16. The number of rotatable bonds is 4. The van der Waals surface area contributed by atoms with Gasteiger partial charge >= 0.3 is 5.97 Å². The Bertz CT molecular complexity index is 772. The van der Waals surface area contributed by atoms with Crippen molar-refractivity contribution in [2.75, 3.05) is 31.1 Å². The van der Waals surface area contributed by atoms with Crippen LogP contribution < -0.4 is 4.90 Å². The summed E-state index contributed by atoms with van der Waals surface area (Å²) in [7, 11) is 0. The number of carbonyl (C=O) groups is 3. The lowest BCUT2D eigenvalue weighted by Crippen LogP contribution is -2.43. The van der Waals surface area contributed by atoms with Crippen LogP contribution in [0.15, 0.2) is 24.3 Å². The second kappa shape index (κ2) is 8.97. The Morgan fingerprint density at radius 2 is 1.62 bits per heavy atom. The Morgan fingerprint density at radius 1 is 0.897 bits per heavy atom. The van der Waals surface area contributed by atoms with E-state index >= 15 is 0 Å². The summed E-state index contributed by atoms with van der Waals surface area (Å²) < 4.78 is 5.41. The number of anilines is 1. The maximum atomic E-state index is 13.3. The largest absolute Gasteiger partial charge is 0.455 e. The SMILES string of the molecule is O=C(OCC(=O)N1CCCCC1)[C@@H]1CCCC[C@H]1C(=O)N1CCc2ccccc21. The van der Waals surface area contributed by atoms with Crippen LogP contribution in [0.25, 0.3) is 0 Å². The number of esters is 1. The molecule has 0 unspecified atom stereocenters. The average Bonchev–Trinajstić information content (AvgIpc) is 3.21. The smallest absolute Gasteiger partial charge is 0.310 e. The van der Waals surface area contributed by atoms with E-state index in [4.69, 9.17) is 4.74 Å². The van der Waals surface area contributed by atoms with Crippen molar-refractivity contribution in [3.05, 3.63) is 29.8 Å². The van der Waals surface area contributed by atoms with Crippen LogP contribution in [0.3, 0.4) is 0 Å². The van der Waals surface area contributed by atoms with Gasteiger partial charge in [-0.25, -0.2) is 0 Å². The molecule has 2 aliphatic heterocycles. The summed E-state index contributed by atoms with van der Waals surface area (Å²) in [6, 6.07) is 7.98. The number of carbonyl (C=O) groups excluding carboxylic acids is 3. The molecular weight excluding hydrogens is 368 g/mol. The molecule has 0 N–H and O–H groups in total. The van der Waals surface area contributed by atoms with Crippen molar-refractivity contribution in [3.63, 3.8) is 0 Å². The van der Waals surface area contributed by atoms with E-state index in [0.29, 0.717) is 19.4 Å². The van der Waals surface area contributed by atoms with Gasteiger partial charge in [-0.05, 0) is 50.2 Å². The van der Waals surface area contributed by atoms with Crippen LogP contribution in [0.5, 0.6) is 0 Å². The highest BCUT2D eigenvalue weighted by atomic mass is 16.5. The number of benzene rings is 1. The normalized spacial score (nSPS) is 24.1. The first-order valence-corrected chi connectivity index (χ1v) is 11.0.